The standard InChI is InChI=1S/C12H17IN2OS/c1-2-10(14)7-17-8-12(16)15-11-5-3-4-9(13)6-11/h3-6,10H,2,7-8,14H2,1H3,(H,15,16). The van der Waals surface area contributed by atoms with Crippen molar-refractivity contribution in [2.75, 3.05) is 16.8 Å². The number of thioether (sulfide) groups is 1. The first-order valence-corrected chi connectivity index (χ1v) is 7.74. The molecular formula is C12H17IN2OS. The normalized spacial score (nSPS) is 12.2. The van der Waals surface area contributed by atoms with Crippen LogP contribution in [-0.4, -0.2) is 23.5 Å². The van der Waals surface area contributed by atoms with E-state index in [9.17, 15) is 4.79 Å². The Kier molecular flexibility index (Phi) is 6.91. The van der Waals surface area contributed by atoms with Crippen molar-refractivity contribution in [3.8, 4) is 0 Å². The van der Waals surface area contributed by atoms with Crippen LogP contribution in [0.1, 0.15) is 13.3 Å². The van der Waals surface area contributed by atoms with Crippen molar-refractivity contribution < 1.29 is 4.79 Å². The van der Waals surface area contributed by atoms with Crippen molar-refractivity contribution in [3.05, 3.63) is 27.8 Å². The third-order valence-electron chi connectivity index (χ3n) is 2.20. The van der Waals surface area contributed by atoms with Crippen LogP contribution in [0.4, 0.5) is 5.69 Å². The number of nitrogens with two attached hydrogens (primary N) is 1. The number of carbonyl (C=O) groups excluding carboxylic acids is 1. The molecule has 5 heteroatoms. The molecule has 0 saturated carbocycles. The summed E-state index contributed by atoms with van der Waals surface area (Å²) < 4.78 is 1.11. The Bertz CT molecular complexity index is 373. The van der Waals surface area contributed by atoms with Gasteiger partial charge in [-0.1, -0.05) is 13.0 Å². The summed E-state index contributed by atoms with van der Waals surface area (Å²) in [6.07, 6.45) is 0.950. The minimum atomic E-state index is 0.0281. The fourth-order valence-electron chi connectivity index (χ4n) is 1.18. The second kappa shape index (κ2) is 7.94. The van der Waals surface area contributed by atoms with Gasteiger partial charge in [-0.05, 0) is 47.2 Å². The fourth-order valence-corrected chi connectivity index (χ4v) is 2.64. The van der Waals surface area contributed by atoms with E-state index < -0.39 is 0 Å². The average Bonchev–Trinajstić information content (AvgIpc) is 2.28. The minimum absolute atomic E-state index is 0.0281. The molecule has 0 fully saturated rings. The van der Waals surface area contributed by atoms with Gasteiger partial charge in [-0.2, -0.15) is 11.8 Å². The zero-order valence-electron chi connectivity index (χ0n) is 9.78. The maximum Gasteiger partial charge on any atom is 0.234 e. The lowest BCUT2D eigenvalue weighted by molar-refractivity contribution is -0.113. The van der Waals surface area contributed by atoms with Crippen molar-refractivity contribution in [3.63, 3.8) is 0 Å². The third-order valence-corrected chi connectivity index (χ3v) is 4.00. The van der Waals surface area contributed by atoms with Gasteiger partial charge >= 0.3 is 0 Å². The first-order valence-electron chi connectivity index (χ1n) is 5.50. The summed E-state index contributed by atoms with van der Waals surface area (Å²) in [4.78, 5) is 11.6. The number of hydrogen-bond acceptors (Lipinski definition) is 3. The molecule has 0 aliphatic rings. The second-order valence-corrected chi connectivity index (χ2v) is 6.02. The molecule has 1 aromatic rings. The van der Waals surface area contributed by atoms with Crippen LogP contribution < -0.4 is 11.1 Å². The zero-order valence-corrected chi connectivity index (χ0v) is 12.8. The van der Waals surface area contributed by atoms with Crippen LogP contribution in [0.5, 0.6) is 0 Å². The minimum Gasteiger partial charge on any atom is -0.327 e. The number of amides is 1. The lowest BCUT2D eigenvalue weighted by Gasteiger charge is -2.08. The topological polar surface area (TPSA) is 55.1 Å². The van der Waals surface area contributed by atoms with Crippen LogP contribution in [0.3, 0.4) is 0 Å². The average molecular weight is 364 g/mol. The summed E-state index contributed by atoms with van der Waals surface area (Å²) in [5, 5.41) is 2.87. The van der Waals surface area contributed by atoms with Gasteiger partial charge in [-0.25, -0.2) is 0 Å². The number of halogens is 1. The van der Waals surface area contributed by atoms with Crippen LogP contribution in [0.2, 0.25) is 0 Å². The van der Waals surface area contributed by atoms with E-state index in [-0.39, 0.29) is 11.9 Å². The SMILES string of the molecule is CCC(N)CSCC(=O)Nc1cccc(I)c1. The van der Waals surface area contributed by atoms with Crippen molar-refractivity contribution in [1.82, 2.24) is 0 Å². The van der Waals surface area contributed by atoms with Crippen LogP contribution in [0.25, 0.3) is 0 Å². The van der Waals surface area contributed by atoms with Gasteiger partial charge in [-0.3, -0.25) is 4.79 Å². The van der Waals surface area contributed by atoms with Crippen LogP contribution in [0, 0.1) is 3.57 Å². The van der Waals surface area contributed by atoms with Gasteiger partial charge in [0.15, 0.2) is 0 Å². The molecule has 1 rings (SSSR count). The van der Waals surface area contributed by atoms with E-state index in [4.69, 9.17) is 5.73 Å². The molecule has 0 aromatic heterocycles. The monoisotopic (exact) mass is 364 g/mol. The van der Waals surface area contributed by atoms with Gasteiger partial charge < -0.3 is 11.1 Å². The molecular weight excluding hydrogens is 347 g/mol. The molecule has 0 radical (unpaired) electrons. The van der Waals surface area contributed by atoms with Crippen molar-refractivity contribution in [2.45, 2.75) is 19.4 Å². The Morgan fingerprint density at radius 3 is 3.00 bits per heavy atom. The number of rotatable bonds is 6. The van der Waals surface area contributed by atoms with Crippen molar-refractivity contribution >= 4 is 45.9 Å². The van der Waals surface area contributed by atoms with E-state index in [2.05, 4.69) is 34.8 Å². The van der Waals surface area contributed by atoms with Gasteiger partial charge in [0.05, 0.1) is 5.75 Å². The highest BCUT2D eigenvalue weighted by atomic mass is 127. The van der Waals surface area contributed by atoms with Crippen molar-refractivity contribution in [1.29, 1.82) is 0 Å². The molecule has 0 heterocycles. The molecule has 3 N–H and O–H groups in total. The zero-order chi connectivity index (χ0) is 12.7. The number of hydrogen-bond donors (Lipinski definition) is 2. The molecule has 0 aliphatic heterocycles. The highest BCUT2D eigenvalue weighted by Gasteiger charge is 2.05. The lowest BCUT2D eigenvalue weighted by atomic mass is 10.3. The number of carbonyl (C=O) groups is 1. The molecule has 1 unspecified atom stereocenters. The maximum atomic E-state index is 11.6. The van der Waals surface area contributed by atoms with Gasteiger partial charge in [0.2, 0.25) is 5.91 Å². The van der Waals surface area contributed by atoms with E-state index in [0.29, 0.717) is 5.75 Å². The molecule has 0 spiro atoms. The van der Waals surface area contributed by atoms with Crippen molar-refractivity contribution in [2.24, 2.45) is 5.73 Å². The lowest BCUT2D eigenvalue weighted by Crippen LogP contribution is -2.23. The van der Waals surface area contributed by atoms with Gasteiger partial charge in [0.1, 0.15) is 0 Å². The summed E-state index contributed by atoms with van der Waals surface area (Å²) in [6.45, 7) is 2.05. The second-order valence-electron chi connectivity index (χ2n) is 3.74. The first kappa shape index (κ1) is 14.8. The summed E-state index contributed by atoms with van der Waals surface area (Å²) in [6, 6.07) is 7.94. The van der Waals surface area contributed by atoms with Gasteiger partial charge in [0.25, 0.3) is 0 Å². The summed E-state index contributed by atoms with van der Waals surface area (Å²) in [7, 11) is 0. The summed E-state index contributed by atoms with van der Waals surface area (Å²) >= 11 is 3.80. The van der Waals surface area contributed by atoms with Crippen LogP contribution >= 0.6 is 34.4 Å². The molecule has 17 heavy (non-hydrogen) atoms. The van der Waals surface area contributed by atoms with Crippen LogP contribution in [-0.2, 0) is 4.79 Å². The molecule has 0 bridgehead atoms. The van der Waals surface area contributed by atoms with Crippen LogP contribution in [0.15, 0.2) is 24.3 Å². The maximum absolute atomic E-state index is 11.6. The first-order chi connectivity index (χ1) is 8.11. The Labute approximate surface area is 120 Å². The molecule has 0 saturated heterocycles. The highest BCUT2D eigenvalue weighted by molar-refractivity contribution is 14.1. The molecule has 1 atom stereocenters. The third kappa shape index (κ3) is 6.28. The predicted octanol–water partition coefficient (Wildman–Crippen LogP) is 2.70. The van der Waals surface area contributed by atoms with E-state index >= 15 is 0 Å². The Morgan fingerprint density at radius 2 is 2.35 bits per heavy atom. The number of nitrogens with one attached hydrogen (secondary N) is 1. The number of benzene rings is 1. The predicted molar refractivity (Wildman–Crippen MR) is 83.4 cm³/mol. The van der Waals surface area contributed by atoms with E-state index in [1.807, 2.05) is 24.3 Å². The number of anilines is 1. The Balaban J connectivity index is 2.30. The molecule has 94 valence electrons. The molecule has 3 nitrogen and oxygen atoms in total. The van der Waals surface area contributed by atoms with Gasteiger partial charge in [-0.15, -0.1) is 0 Å². The molecule has 1 aromatic carbocycles. The smallest absolute Gasteiger partial charge is 0.234 e. The highest BCUT2D eigenvalue weighted by Crippen LogP contribution is 2.13. The quantitative estimate of drug-likeness (QED) is 0.764. The molecule has 1 amide bonds. The van der Waals surface area contributed by atoms with E-state index in [1.165, 1.54) is 0 Å². The largest absolute Gasteiger partial charge is 0.327 e. The Hall–Kier alpha value is -0.270. The van der Waals surface area contributed by atoms with E-state index in [0.717, 1.165) is 21.4 Å². The van der Waals surface area contributed by atoms with E-state index in [1.54, 1.807) is 11.8 Å². The summed E-state index contributed by atoms with van der Waals surface area (Å²) in [5.41, 5.74) is 6.63. The van der Waals surface area contributed by atoms with Gasteiger partial charge in [0, 0.05) is 21.1 Å². The Morgan fingerprint density at radius 1 is 1.59 bits per heavy atom. The summed E-state index contributed by atoms with van der Waals surface area (Å²) in [5.74, 6) is 1.32. The fraction of sp³-hybridized carbons (Fsp3) is 0.417. The molecule has 0 aliphatic carbocycles.